The van der Waals surface area contributed by atoms with Crippen LogP contribution in [0.1, 0.15) is 5.56 Å². The number of anilines is 1. The van der Waals surface area contributed by atoms with Crippen molar-refractivity contribution in [3.63, 3.8) is 0 Å². The number of nitro groups is 1. The van der Waals surface area contributed by atoms with E-state index in [2.05, 4.69) is 9.71 Å². The van der Waals surface area contributed by atoms with E-state index in [9.17, 15) is 18.5 Å². The Morgan fingerprint density at radius 1 is 1.29 bits per heavy atom. The first-order valence-electron chi connectivity index (χ1n) is 5.69. The maximum Gasteiger partial charge on any atom is 0.274 e. The fourth-order valence-corrected chi connectivity index (χ4v) is 2.94. The van der Waals surface area contributed by atoms with E-state index < -0.39 is 14.9 Å². The Morgan fingerprint density at radius 2 is 2.00 bits per heavy atom. The molecule has 1 aromatic carbocycles. The third-order valence-electron chi connectivity index (χ3n) is 2.67. The summed E-state index contributed by atoms with van der Waals surface area (Å²) >= 11 is 5.65. The van der Waals surface area contributed by atoms with Crippen LogP contribution in [-0.4, -0.2) is 18.3 Å². The van der Waals surface area contributed by atoms with Gasteiger partial charge < -0.3 is 0 Å². The van der Waals surface area contributed by atoms with E-state index in [4.69, 9.17) is 11.6 Å². The molecule has 0 radical (unpaired) electrons. The van der Waals surface area contributed by atoms with E-state index in [-0.39, 0.29) is 21.4 Å². The van der Waals surface area contributed by atoms with Gasteiger partial charge in [-0.1, -0.05) is 17.7 Å². The molecule has 110 valence electrons. The molecule has 2 aromatic rings. The lowest BCUT2D eigenvalue weighted by molar-refractivity contribution is -0.385. The summed E-state index contributed by atoms with van der Waals surface area (Å²) in [7, 11) is -3.89. The molecule has 0 saturated heterocycles. The molecule has 0 aliphatic carbocycles. The first-order valence-corrected chi connectivity index (χ1v) is 7.55. The average Bonchev–Trinajstić information content (AvgIpc) is 2.40. The second kappa shape index (κ2) is 5.66. The maximum atomic E-state index is 12.2. The summed E-state index contributed by atoms with van der Waals surface area (Å²) < 4.78 is 26.6. The molecule has 21 heavy (non-hydrogen) atoms. The molecular formula is C12H10ClN3O4S. The normalized spacial score (nSPS) is 11.1. The van der Waals surface area contributed by atoms with Gasteiger partial charge in [-0.3, -0.25) is 14.8 Å². The quantitative estimate of drug-likeness (QED) is 0.528. The minimum absolute atomic E-state index is 0.0350. The largest absolute Gasteiger partial charge is 0.279 e. The topological polar surface area (TPSA) is 102 Å². The van der Waals surface area contributed by atoms with Crippen LogP contribution in [0.15, 0.2) is 41.4 Å². The predicted molar refractivity (Wildman–Crippen MR) is 77.9 cm³/mol. The zero-order valence-electron chi connectivity index (χ0n) is 10.8. The van der Waals surface area contributed by atoms with Crippen LogP contribution < -0.4 is 4.72 Å². The molecule has 1 heterocycles. The molecule has 0 unspecified atom stereocenters. The predicted octanol–water partition coefficient (Wildman–Crippen LogP) is 2.75. The average molecular weight is 328 g/mol. The summed E-state index contributed by atoms with van der Waals surface area (Å²) in [6.45, 7) is 1.57. The smallest absolute Gasteiger partial charge is 0.274 e. The number of sulfonamides is 1. The number of aromatic nitrogens is 1. The maximum absolute atomic E-state index is 12.2. The zero-order chi connectivity index (χ0) is 15.6. The minimum Gasteiger partial charge on any atom is -0.279 e. The SMILES string of the molecule is Cc1ccc(NS(=O)(=O)c2ccnc(Cl)c2)cc1[N+](=O)[O-]. The third-order valence-corrected chi connectivity index (χ3v) is 4.25. The van der Waals surface area contributed by atoms with Crippen molar-refractivity contribution in [2.24, 2.45) is 0 Å². The number of aryl methyl sites for hydroxylation is 1. The number of hydrogen-bond donors (Lipinski definition) is 1. The van der Waals surface area contributed by atoms with Gasteiger partial charge in [-0.25, -0.2) is 13.4 Å². The van der Waals surface area contributed by atoms with Crippen LogP contribution in [-0.2, 0) is 10.0 Å². The number of nitrogens with one attached hydrogen (secondary N) is 1. The molecule has 0 saturated carbocycles. The fraction of sp³-hybridized carbons (Fsp3) is 0.0833. The second-order valence-electron chi connectivity index (χ2n) is 4.18. The van der Waals surface area contributed by atoms with Crippen LogP contribution in [0.3, 0.4) is 0 Å². The summed E-state index contributed by atoms with van der Waals surface area (Å²) in [5.41, 5.74) is 0.373. The first kappa shape index (κ1) is 15.2. The van der Waals surface area contributed by atoms with Gasteiger partial charge in [0.15, 0.2) is 0 Å². The fourth-order valence-electron chi connectivity index (χ4n) is 1.64. The molecule has 2 rings (SSSR count). The van der Waals surface area contributed by atoms with Crippen molar-refractivity contribution in [2.75, 3.05) is 4.72 Å². The summed E-state index contributed by atoms with van der Waals surface area (Å²) in [4.78, 5) is 13.9. The highest BCUT2D eigenvalue weighted by molar-refractivity contribution is 7.92. The van der Waals surface area contributed by atoms with Crippen LogP contribution in [0.5, 0.6) is 0 Å². The highest BCUT2D eigenvalue weighted by Gasteiger charge is 2.17. The molecule has 7 nitrogen and oxygen atoms in total. The first-order chi connectivity index (χ1) is 9.79. The Balaban J connectivity index is 2.37. The lowest BCUT2D eigenvalue weighted by Crippen LogP contribution is -2.13. The lowest BCUT2D eigenvalue weighted by Gasteiger charge is -2.08. The van der Waals surface area contributed by atoms with E-state index in [1.165, 1.54) is 30.5 Å². The molecule has 0 bridgehead atoms. The van der Waals surface area contributed by atoms with Gasteiger partial charge in [-0.15, -0.1) is 0 Å². The number of hydrogen-bond acceptors (Lipinski definition) is 5. The minimum atomic E-state index is -3.89. The summed E-state index contributed by atoms with van der Waals surface area (Å²) in [6, 6.07) is 6.54. The summed E-state index contributed by atoms with van der Waals surface area (Å²) in [5, 5.41) is 10.9. The van der Waals surface area contributed by atoms with Crippen LogP contribution in [0.2, 0.25) is 5.15 Å². The van der Waals surface area contributed by atoms with Crippen molar-refractivity contribution in [3.8, 4) is 0 Å². The Labute approximate surface area is 125 Å². The van der Waals surface area contributed by atoms with Crippen LogP contribution in [0.4, 0.5) is 11.4 Å². The van der Waals surface area contributed by atoms with Gasteiger partial charge in [-0.2, -0.15) is 0 Å². The van der Waals surface area contributed by atoms with Crippen molar-refractivity contribution in [1.29, 1.82) is 0 Å². The number of nitrogens with zero attached hydrogens (tertiary/aromatic N) is 2. The van der Waals surface area contributed by atoms with Crippen molar-refractivity contribution >= 4 is 33.0 Å². The highest BCUT2D eigenvalue weighted by atomic mass is 35.5. The van der Waals surface area contributed by atoms with Crippen LogP contribution >= 0.6 is 11.6 Å². The standard InChI is InChI=1S/C12H10ClN3O4S/c1-8-2-3-9(6-11(8)16(17)18)15-21(19,20)10-4-5-14-12(13)7-10/h2-7,15H,1H3. The Kier molecular flexibility index (Phi) is 4.10. The van der Waals surface area contributed by atoms with Crippen LogP contribution in [0.25, 0.3) is 0 Å². The Hall–Kier alpha value is -2.19. The third kappa shape index (κ3) is 3.47. The van der Waals surface area contributed by atoms with E-state index in [1.807, 2.05) is 0 Å². The highest BCUT2D eigenvalue weighted by Crippen LogP contribution is 2.24. The van der Waals surface area contributed by atoms with Crippen molar-refractivity contribution in [1.82, 2.24) is 4.98 Å². The Morgan fingerprint density at radius 3 is 2.62 bits per heavy atom. The molecule has 0 fully saturated rings. The zero-order valence-corrected chi connectivity index (χ0v) is 12.4. The lowest BCUT2D eigenvalue weighted by atomic mass is 10.2. The molecule has 9 heteroatoms. The van der Waals surface area contributed by atoms with Crippen molar-refractivity contribution < 1.29 is 13.3 Å². The molecule has 0 amide bonds. The molecule has 0 aliphatic rings. The molecule has 0 spiro atoms. The number of halogens is 1. The van der Waals surface area contributed by atoms with Gasteiger partial charge in [0.2, 0.25) is 0 Å². The molecule has 0 aliphatic heterocycles. The van der Waals surface area contributed by atoms with Crippen molar-refractivity contribution in [3.05, 3.63) is 57.4 Å². The molecule has 0 atom stereocenters. The molecular weight excluding hydrogens is 318 g/mol. The second-order valence-corrected chi connectivity index (χ2v) is 6.25. The van der Waals surface area contributed by atoms with Gasteiger partial charge in [0.05, 0.1) is 15.5 Å². The van der Waals surface area contributed by atoms with Gasteiger partial charge >= 0.3 is 0 Å². The van der Waals surface area contributed by atoms with Crippen molar-refractivity contribution in [2.45, 2.75) is 11.8 Å². The van der Waals surface area contributed by atoms with E-state index in [1.54, 1.807) is 6.92 Å². The number of rotatable bonds is 4. The molecule has 1 aromatic heterocycles. The van der Waals surface area contributed by atoms with E-state index in [0.29, 0.717) is 5.56 Å². The van der Waals surface area contributed by atoms with Crippen LogP contribution in [0, 0.1) is 17.0 Å². The number of nitro benzene ring substituents is 1. The van der Waals surface area contributed by atoms with Gasteiger partial charge in [0, 0.05) is 17.8 Å². The van der Waals surface area contributed by atoms with E-state index >= 15 is 0 Å². The van der Waals surface area contributed by atoms with Gasteiger partial charge in [0.1, 0.15) is 5.15 Å². The summed E-state index contributed by atoms with van der Waals surface area (Å²) in [5.74, 6) is 0. The van der Waals surface area contributed by atoms with E-state index in [0.717, 1.165) is 6.07 Å². The Bertz CT molecular complexity index is 808. The molecule has 1 N–H and O–H groups in total. The summed E-state index contributed by atoms with van der Waals surface area (Å²) in [6.07, 6.45) is 1.26. The number of pyridine rings is 1. The monoisotopic (exact) mass is 327 g/mol. The van der Waals surface area contributed by atoms with Gasteiger partial charge in [0.25, 0.3) is 15.7 Å². The number of benzene rings is 1. The van der Waals surface area contributed by atoms with Gasteiger partial charge in [-0.05, 0) is 25.1 Å².